The van der Waals surface area contributed by atoms with Gasteiger partial charge in [-0.2, -0.15) is 0 Å². The molecule has 0 heterocycles. The number of anilines is 1. The highest BCUT2D eigenvalue weighted by molar-refractivity contribution is 7.98. The monoisotopic (exact) mass is 420 g/mol. The van der Waals surface area contributed by atoms with E-state index in [1.165, 1.54) is 16.0 Å². The molecule has 0 spiro atoms. The van der Waals surface area contributed by atoms with Crippen molar-refractivity contribution in [3.63, 3.8) is 0 Å². The van der Waals surface area contributed by atoms with Crippen molar-refractivity contribution in [2.24, 2.45) is 5.92 Å². The van der Waals surface area contributed by atoms with Gasteiger partial charge in [-0.05, 0) is 59.9 Å². The Hall–Kier alpha value is -2.30. The van der Waals surface area contributed by atoms with Crippen molar-refractivity contribution in [3.8, 4) is 0 Å². The molecule has 0 fully saturated rings. The highest BCUT2D eigenvalue weighted by Gasteiger charge is 2.08. The third-order valence-electron chi connectivity index (χ3n) is 4.86. The van der Waals surface area contributed by atoms with Gasteiger partial charge in [-0.15, -0.1) is 11.8 Å². The predicted molar refractivity (Wildman–Crippen MR) is 131 cm³/mol. The lowest BCUT2D eigenvalue weighted by Gasteiger charge is -2.18. The molecule has 0 radical (unpaired) electrons. The fourth-order valence-corrected chi connectivity index (χ4v) is 4.16. The Morgan fingerprint density at radius 2 is 1.52 bits per heavy atom. The van der Waals surface area contributed by atoms with Crippen LogP contribution in [0.4, 0.5) is 5.69 Å². The van der Waals surface area contributed by atoms with Gasteiger partial charge < -0.3 is 10.6 Å². The first kappa shape index (κ1) is 21.4. The van der Waals surface area contributed by atoms with Crippen LogP contribution in [0, 0.1) is 5.92 Å². The molecule has 0 bridgehead atoms. The van der Waals surface area contributed by atoms with E-state index in [-0.39, 0.29) is 0 Å². The van der Waals surface area contributed by atoms with Crippen LogP contribution in [0.25, 0.3) is 0 Å². The van der Waals surface area contributed by atoms with Gasteiger partial charge >= 0.3 is 0 Å². The second kappa shape index (κ2) is 11.6. The number of rotatable bonds is 9. The third-order valence-corrected chi connectivity index (χ3v) is 6.19. The number of thiocarbonyl (C=S) groups is 1. The summed E-state index contributed by atoms with van der Waals surface area (Å²) in [5, 5.41) is 7.36. The van der Waals surface area contributed by atoms with Crippen LogP contribution in [0.1, 0.15) is 24.5 Å². The Labute approximate surface area is 184 Å². The van der Waals surface area contributed by atoms with Crippen LogP contribution in [-0.2, 0) is 12.2 Å². The van der Waals surface area contributed by atoms with Crippen LogP contribution < -0.4 is 10.6 Å². The molecule has 0 amide bonds. The van der Waals surface area contributed by atoms with Gasteiger partial charge in [0.05, 0.1) is 0 Å². The van der Waals surface area contributed by atoms with E-state index in [9.17, 15) is 0 Å². The normalized spacial score (nSPS) is 11.6. The molecule has 29 heavy (non-hydrogen) atoms. The highest BCUT2D eigenvalue weighted by Crippen LogP contribution is 2.23. The summed E-state index contributed by atoms with van der Waals surface area (Å²) in [6.07, 6.45) is 2.19. The minimum absolute atomic E-state index is 0.564. The van der Waals surface area contributed by atoms with Crippen LogP contribution in [-0.4, -0.2) is 11.7 Å². The molecule has 0 aliphatic rings. The molecule has 3 aromatic carbocycles. The molecule has 0 unspecified atom stereocenters. The Morgan fingerprint density at radius 3 is 2.17 bits per heavy atom. The second-order valence-electron chi connectivity index (χ2n) is 7.10. The Kier molecular flexibility index (Phi) is 8.59. The molecule has 0 saturated heterocycles. The predicted octanol–water partition coefficient (Wildman–Crippen LogP) is 6.53. The van der Waals surface area contributed by atoms with Crippen molar-refractivity contribution < 1.29 is 0 Å². The molecule has 2 N–H and O–H groups in total. The minimum Gasteiger partial charge on any atom is -0.362 e. The van der Waals surface area contributed by atoms with Gasteiger partial charge in [0.25, 0.3) is 0 Å². The maximum Gasteiger partial charge on any atom is 0.170 e. The molecule has 3 aromatic rings. The van der Waals surface area contributed by atoms with Gasteiger partial charge in [-0.3, -0.25) is 0 Å². The average molecular weight is 421 g/mol. The minimum atomic E-state index is 0.564. The summed E-state index contributed by atoms with van der Waals surface area (Å²) < 4.78 is 0. The molecule has 3 rings (SSSR count). The SMILES string of the molecule is CC[C@H](CNC(=S)Nc1ccc(CSc2ccccc2)cc1)Cc1ccccc1. The van der Waals surface area contributed by atoms with Crippen molar-refractivity contribution in [1.82, 2.24) is 5.32 Å². The van der Waals surface area contributed by atoms with Crippen molar-refractivity contribution in [1.29, 1.82) is 0 Å². The van der Waals surface area contributed by atoms with Gasteiger partial charge in [0.2, 0.25) is 0 Å². The summed E-state index contributed by atoms with van der Waals surface area (Å²) in [5.74, 6) is 1.53. The standard InChI is InChI=1S/C25H28N2S2/c1-2-20(17-21-9-5-3-6-10-21)18-26-25(28)27-23-15-13-22(14-16-23)19-29-24-11-7-4-8-12-24/h3-16,20H,2,17-19H2,1H3,(H2,26,27,28)/t20-/m0/s1. The first-order valence-electron chi connectivity index (χ1n) is 10.1. The van der Waals surface area contributed by atoms with E-state index < -0.39 is 0 Å². The molecule has 1 atom stereocenters. The fraction of sp³-hybridized carbons (Fsp3) is 0.240. The lowest BCUT2D eigenvalue weighted by Crippen LogP contribution is -2.33. The van der Waals surface area contributed by atoms with Crippen LogP contribution in [0.2, 0.25) is 0 Å². The zero-order chi connectivity index (χ0) is 20.3. The summed E-state index contributed by atoms with van der Waals surface area (Å²) in [7, 11) is 0. The van der Waals surface area contributed by atoms with Crippen molar-refractivity contribution >= 4 is 34.8 Å². The molecular weight excluding hydrogens is 392 g/mol. The van der Waals surface area contributed by atoms with E-state index >= 15 is 0 Å². The maximum atomic E-state index is 5.49. The van der Waals surface area contributed by atoms with Crippen molar-refractivity contribution in [3.05, 3.63) is 96.1 Å². The van der Waals surface area contributed by atoms with Crippen molar-refractivity contribution in [2.75, 3.05) is 11.9 Å². The van der Waals surface area contributed by atoms with Crippen LogP contribution in [0.5, 0.6) is 0 Å². The zero-order valence-corrected chi connectivity index (χ0v) is 18.4. The summed E-state index contributed by atoms with van der Waals surface area (Å²) in [6.45, 7) is 3.11. The van der Waals surface area contributed by atoms with E-state index in [1.54, 1.807) is 0 Å². The van der Waals surface area contributed by atoms with Gasteiger partial charge in [0, 0.05) is 22.9 Å². The Balaban J connectivity index is 1.42. The lowest BCUT2D eigenvalue weighted by molar-refractivity contribution is 0.498. The van der Waals surface area contributed by atoms with E-state index in [2.05, 4.69) is 96.4 Å². The lowest BCUT2D eigenvalue weighted by atomic mass is 9.97. The van der Waals surface area contributed by atoms with E-state index in [4.69, 9.17) is 12.2 Å². The molecule has 0 saturated carbocycles. The quantitative estimate of drug-likeness (QED) is 0.303. The van der Waals surface area contributed by atoms with Crippen LogP contribution in [0.15, 0.2) is 89.8 Å². The molecular formula is C25H28N2S2. The van der Waals surface area contributed by atoms with Gasteiger partial charge in [-0.25, -0.2) is 0 Å². The fourth-order valence-electron chi connectivity index (χ4n) is 3.09. The summed E-state index contributed by atoms with van der Waals surface area (Å²) in [5.41, 5.74) is 3.70. The molecule has 0 aliphatic heterocycles. The number of hydrogen-bond acceptors (Lipinski definition) is 2. The molecule has 2 nitrogen and oxygen atoms in total. The summed E-state index contributed by atoms with van der Waals surface area (Å²) in [4.78, 5) is 1.29. The highest BCUT2D eigenvalue weighted by atomic mass is 32.2. The maximum absolute atomic E-state index is 5.49. The van der Waals surface area contributed by atoms with Crippen LogP contribution >= 0.6 is 24.0 Å². The second-order valence-corrected chi connectivity index (χ2v) is 8.55. The first-order chi connectivity index (χ1) is 14.2. The van der Waals surface area contributed by atoms with E-state index in [0.717, 1.165) is 30.8 Å². The Bertz CT molecular complexity index is 864. The summed E-state index contributed by atoms with van der Waals surface area (Å²) >= 11 is 7.34. The Morgan fingerprint density at radius 1 is 0.862 bits per heavy atom. The topological polar surface area (TPSA) is 24.1 Å². The molecule has 150 valence electrons. The number of nitrogens with one attached hydrogen (secondary N) is 2. The molecule has 0 aromatic heterocycles. The van der Waals surface area contributed by atoms with Crippen LogP contribution in [0.3, 0.4) is 0 Å². The van der Waals surface area contributed by atoms with Gasteiger partial charge in [-0.1, -0.05) is 74.0 Å². The first-order valence-corrected chi connectivity index (χ1v) is 11.5. The number of thioether (sulfide) groups is 1. The van der Waals surface area contributed by atoms with E-state index in [0.29, 0.717) is 11.0 Å². The molecule has 0 aliphatic carbocycles. The van der Waals surface area contributed by atoms with Crippen molar-refractivity contribution in [2.45, 2.75) is 30.4 Å². The zero-order valence-electron chi connectivity index (χ0n) is 16.8. The number of hydrogen-bond donors (Lipinski definition) is 2. The number of benzene rings is 3. The van der Waals surface area contributed by atoms with Gasteiger partial charge in [0.1, 0.15) is 0 Å². The molecule has 4 heteroatoms. The van der Waals surface area contributed by atoms with Gasteiger partial charge in [0.15, 0.2) is 5.11 Å². The van der Waals surface area contributed by atoms with E-state index in [1.807, 2.05) is 17.8 Å². The largest absolute Gasteiger partial charge is 0.362 e. The summed E-state index contributed by atoms with van der Waals surface area (Å²) in [6, 6.07) is 29.6. The average Bonchev–Trinajstić information content (AvgIpc) is 2.77. The smallest absolute Gasteiger partial charge is 0.170 e. The third kappa shape index (κ3) is 7.56.